The largest absolute Gasteiger partial charge is 0.376 e. The van der Waals surface area contributed by atoms with Crippen LogP contribution in [0.15, 0.2) is 0 Å². The van der Waals surface area contributed by atoms with Crippen molar-refractivity contribution in [3.05, 3.63) is 0 Å². The van der Waals surface area contributed by atoms with Gasteiger partial charge in [0.05, 0.1) is 17.6 Å². The molecule has 98 valence electrons. The van der Waals surface area contributed by atoms with Crippen LogP contribution < -0.4 is 11.1 Å². The van der Waals surface area contributed by atoms with Crippen LogP contribution in [0, 0.1) is 5.41 Å². The third-order valence-electron chi connectivity index (χ3n) is 4.38. The minimum atomic E-state index is -0.305. The Balaban J connectivity index is 1.97. The van der Waals surface area contributed by atoms with Gasteiger partial charge in [-0.3, -0.25) is 4.79 Å². The Hall–Kier alpha value is -0.610. The van der Waals surface area contributed by atoms with E-state index in [1.807, 2.05) is 6.92 Å². The molecule has 1 aliphatic carbocycles. The Labute approximate surface area is 103 Å². The number of nitrogens with two attached hydrogens (primary N) is 1. The van der Waals surface area contributed by atoms with Gasteiger partial charge in [-0.05, 0) is 26.2 Å². The second kappa shape index (κ2) is 5.36. The van der Waals surface area contributed by atoms with Gasteiger partial charge in [0.1, 0.15) is 0 Å². The van der Waals surface area contributed by atoms with Crippen molar-refractivity contribution < 1.29 is 9.53 Å². The summed E-state index contributed by atoms with van der Waals surface area (Å²) >= 11 is 0. The van der Waals surface area contributed by atoms with Gasteiger partial charge < -0.3 is 15.8 Å². The molecule has 1 amide bonds. The molecule has 0 aromatic heterocycles. The highest BCUT2D eigenvalue weighted by atomic mass is 16.5. The first-order valence-corrected chi connectivity index (χ1v) is 6.81. The number of hydrogen-bond acceptors (Lipinski definition) is 3. The lowest BCUT2D eigenvalue weighted by atomic mass is 9.73. The van der Waals surface area contributed by atoms with E-state index in [1.54, 1.807) is 0 Å². The number of nitrogens with one attached hydrogen (secondary N) is 1. The van der Waals surface area contributed by atoms with Crippen LogP contribution in [0.25, 0.3) is 0 Å². The SMILES string of the molecule is CC1OCCC1NC(=O)C1(CN)CCCCC1. The van der Waals surface area contributed by atoms with Gasteiger partial charge in [0.2, 0.25) is 5.91 Å². The van der Waals surface area contributed by atoms with Gasteiger partial charge >= 0.3 is 0 Å². The average Bonchev–Trinajstić information content (AvgIpc) is 2.76. The highest BCUT2D eigenvalue weighted by molar-refractivity contribution is 5.83. The lowest BCUT2D eigenvalue weighted by Crippen LogP contribution is -2.51. The highest BCUT2D eigenvalue weighted by Crippen LogP contribution is 2.36. The fraction of sp³-hybridized carbons (Fsp3) is 0.923. The first-order valence-electron chi connectivity index (χ1n) is 6.81. The Morgan fingerprint density at radius 1 is 1.41 bits per heavy atom. The predicted molar refractivity (Wildman–Crippen MR) is 66.5 cm³/mol. The molecule has 1 saturated heterocycles. The van der Waals surface area contributed by atoms with E-state index in [0.29, 0.717) is 6.54 Å². The highest BCUT2D eigenvalue weighted by Gasteiger charge is 2.40. The molecular formula is C13H24N2O2. The first kappa shape index (κ1) is 12.8. The van der Waals surface area contributed by atoms with E-state index in [-0.39, 0.29) is 23.5 Å². The second-order valence-electron chi connectivity index (χ2n) is 5.49. The molecule has 1 aliphatic heterocycles. The molecule has 4 nitrogen and oxygen atoms in total. The van der Waals surface area contributed by atoms with Crippen LogP contribution in [0.5, 0.6) is 0 Å². The number of hydrogen-bond donors (Lipinski definition) is 2. The molecule has 1 saturated carbocycles. The van der Waals surface area contributed by atoms with Crippen LogP contribution in [-0.2, 0) is 9.53 Å². The zero-order valence-electron chi connectivity index (χ0n) is 10.7. The smallest absolute Gasteiger partial charge is 0.227 e. The lowest BCUT2D eigenvalue weighted by molar-refractivity contribution is -0.133. The normalized spacial score (nSPS) is 32.4. The fourth-order valence-electron chi connectivity index (χ4n) is 3.00. The van der Waals surface area contributed by atoms with E-state index >= 15 is 0 Å². The van der Waals surface area contributed by atoms with E-state index in [9.17, 15) is 4.79 Å². The van der Waals surface area contributed by atoms with Gasteiger partial charge in [-0.15, -0.1) is 0 Å². The summed E-state index contributed by atoms with van der Waals surface area (Å²) in [5.74, 6) is 0.155. The van der Waals surface area contributed by atoms with Crippen LogP contribution >= 0.6 is 0 Å². The van der Waals surface area contributed by atoms with Crippen LogP contribution in [0.1, 0.15) is 45.4 Å². The molecule has 0 aromatic carbocycles. The van der Waals surface area contributed by atoms with Gasteiger partial charge in [0.25, 0.3) is 0 Å². The zero-order valence-corrected chi connectivity index (χ0v) is 10.7. The van der Waals surface area contributed by atoms with E-state index in [4.69, 9.17) is 10.5 Å². The summed E-state index contributed by atoms with van der Waals surface area (Å²) in [6.45, 7) is 3.25. The molecule has 0 bridgehead atoms. The quantitative estimate of drug-likeness (QED) is 0.779. The summed E-state index contributed by atoms with van der Waals surface area (Å²) in [5.41, 5.74) is 5.55. The molecule has 1 heterocycles. The lowest BCUT2D eigenvalue weighted by Gasteiger charge is -2.35. The van der Waals surface area contributed by atoms with Crippen molar-refractivity contribution >= 4 is 5.91 Å². The van der Waals surface area contributed by atoms with Crippen molar-refractivity contribution in [2.45, 2.75) is 57.6 Å². The molecule has 2 unspecified atom stereocenters. The Bertz CT molecular complexity index is 275. The minimum Gasteiger partial charge on any atom is -0.376 e. The fourth-order valence-corrected chi connectivity index (χ4v) is 3.00. The van der Waals surface area contributed by atoms with Crippen LogP contribution in [-0.4, -0.2) is 31.2 Å². The van der Waals surface area contributed by atoms with Gasteiger partial charge in [-0.1, -0.05) is 19.3 Å². The van der Waals surface area contributed by atoms with E-state index in [2.05, 4.69) is 5.32 Å². The molecule has 17 heavy (non-hydrogen) atoms. The topological polar surface area (TPSA) is 64.3 Å². The van der Waals surface area contributed by atoms with Gasteiger partial charge in [-0.2, -0.15) is 0 Å². The van der Waals surface area contributed by atoms with Crippen molar-refractivity contribution in [1.29, 1.82) is 0 Å². The zero-order chi connectivity index (χ0) is 12.3. The summed E-state index contributed by atoms with van der Waals surface area (Å²) in [7, 11) is 0. The Kier molecular flexibility index (Phi) is 4.05. The average molecular weight is 240 g/mol. The number of carbonyl (C=O) groups is 1. The maximum Gasteiger partial charge on any atom is 0.227 e. The van der Waals surface area contributed by atoms with Gasteiger partial charge in [0.15, 0.2) is 0 Å². The first-order chi connectivity index (χ1) is 8.18. The Morgan fingerprint density at radius 2 is 2.12 bits per heavy atom. The maximum absolute atomic E-state index is 12.4. The molecule has 2 rings (SSSR count). The Morgan fingerprint density at radius 3 is 2.65 bits per heavy atom. The molecule has 0 spiro atoms. The molecule has 2 atom stereocenters. The standard InChI is InChI=1S/C13H24N2O2/c1-10-11(5-8-17-10)15-12(16)13(9-14)6-3-2-4-7-13/h10-11H,2-9,14H2,1H3,(H,15,16). The van der Waals surface area contributed by atoms with Crippen LogP contribution in [0.3, 0.4) is 0 Å². The predicted octanol–water partition coefficient (Wildman–Crippen LogP) is 1.19. The van der Waals surface area contributed by atoms with Crippen LogP contribution in [0.2, 0.25) is 0 Å². The van der Waals surface area contributed by atoms with Gasteiger partial charge in [0, 0.05) is 13.2 Å². The van der Waals surface area contributed by atoms with Crippen molar-refractivity contribution in [2.75, 3.05) is 13.2 Å². The molecule has 0 radical (unpaired) electrons. The van der Waals surface area contributed by atoms with Crippen LogP contribution in [0.4, 0.5) is 0 Å². The maximum atomic E-state index is 12.4. The molecule has 2 fully saturated rings. The van der Waals surface area contributed by atoms with E-state index in [1.165, 1.54) is 6.42 Å². The summed E-state index contributed by atoms with van der Waals surface area (Å²) in [4.78, 5) is 12.4. The van der Waals surface area contributed by atoms with E-state index in [0.717, 1.165) is 38.7 Å². The summed E-state index contributed by atoms with van der Waals surface area (Å²) in [6, 6.07) is 0.174. The minimum absolute atomic E-state index is 0.136. The summed E-state index contributed by atoms with van der Waals surface area (Å²) < 4.78 is 5.47. The number of carbonyl (C=O) groups excluding carboxylic acids is 1. The van der Waals surface area contributed by atoms with Crippen molar-refractivity contribution in [3.8, 4) is 0 Å². The summed E-state index contributed by atoms with van der Waals surface area (Å²) in [6.07, 6.45) is 6.43. The third kappa shape index (κ3) is 2.63. The van der Waals surface area contributed by atoms with Gasteiger partial charge in [-0.25, -0.2) is 0 Å². The molecule has 2 aliphatic rings. The molecule has 0 aromatic rings. The second-order valence-corrected chi connectivity index (χ2v) is 5.49. The molecular weight excluding hydrogens is 216 g/mol. The number of amides is 1. The monoisotopic (exact) mass is 240 g/mol. The van der Waals surface area contributed by atoms with E-state index < -0.39 is 0 Å². The number of ether oxygens (including phenoxy) is 1. The van der Waals surface area contributed by atoms with Crippen molar-refractivity contribution in [2.24, 2.45) is 11.1 Å². The summed E-state index contributed by atoms with van der Waals surface area (Å²) in [5, 5.41) is 3.15. The van der Waals surface area contributed by atoms with Crippen molar-refractivity contribution in [1.82, 2.24) is 5.32 Å². The third-order valence-corrected chi connectivity index (χ3v) is 4.38. The van der Waals surface area contributed by atoms with Crippen molar-refractivity contribution in [3.63, 3.8) is 0 Å². The molecule has 3 N–H and O–H groups in total. The number of rotatable bonds is 3. The molecule has 4 heteroatoms.